The first kappa shape index (κ1) is 13.4. The van der Waals surface area contributed by atoms with E-state index in [2.05, 4.69) is 15.9 Å². The van der Waals surface area contributed by atoms with Crippen LogP contribution in [-0.4, -0.2) is 0 Å². The Bertz CT molecular complexity index is 572. The summed E-state index contributed by atoms with van der Waals surface area (Å²) >= 11 is 9.07. The molecule has 0 aliphatic rings. The van der Waals surface area contributed by atoms with Crippen LogP contribution in [0.25, 0.3) is 0 Å². The molecule has 0 saturated carbocycles. The molecule has 0 heterocycles. The van der Waals surface area contributed by atoms with Crippen LogP contribution < -0.4 is 4.74 Å². The van der Waals surface area contributed by atoms with Crippen LogP contribution in [0, 0.1) is 12.7 Å². The quantitative estimate of drug-likeness (QED) is 0.758. The van der Waals surface area contributed by atoms with E-state index < -0.39 is 0 Å². The minimum absolute atomic E-state index is 0.181. The topological polar surface area (TPSA) is 9.23 Å². The molecule has 0 amide bonds. The summed E-state index contributed by atoms with van der Waals surface area (Å²) in [6.07, 6.45) is 0. The van der Waals surface area contributed by atoms with Crippen molar-refractivity contribution in [3.05, 3.63) is 62.8 Å². The van der Waals surface area contributed by atoms with Gasteiger partial charge in [-0.1, -0.05) is 39.7 Å². The van der Waals surface area contributed by atoms with Crippen LogP contribution in [0.5, 0.6) is 5.75 Å². The second-order valence-electron chi connectivity index (χ2n) is 3.93. The second-order valence-corrected chi connectivity index (χ2v) is 5.29. The van der Waals surface area contributed by atoms with Crippen LogP contribution in [0.15, 0.2) is 40.9 Å². The number of benzene rings is 2. The van der Waals surface area contributed by atoms with E-state index in [9.17, 15) is 4.39 Å². The Balaban J connectivity index is 2.13. The van der Waals surface area contributed by atoms with E-state index in [0.717, 1.165) is 15.8 Å². The maximum absolute atomic E-state index is 13.6. The number of aryl methyl sites for hydroxylation is 1. The molecular formula is C14H11BrClFO. The highest BCUT2D eigenvalue weighted by molar-refractivity contribution is 9.10. The Morgan fingerprint density at radius 1 is 1.22 bits per heavy atom. The number of hydrogen-bond acceptors (Lipinski definition) is 1. The van der Waals surface area contributed by atoms with Crippen LogP contribution in [0.4, 0.5) is 4.39 Å². The Hall–Kier alpha value is -1.06. The summed E-state index contributed by atoms with van der Waals surface area (Å²) in [5, 5.41) is 0.384. The maximum Gasteiger partial charge on any atom is 0.131 e. The van der Waals surface area contributed by atoms with Crippen LogP contribution in [-0.2, 0) is 6.61 Å². The summed E-state index contributed by atoms with van der Waals surface area (Å²) in [6.45, 7) is 2.13. The molecule has 0 aromatic heterocycles. The average molecular weight is 330 g/mol. The van der Waals surface area contributed by atoms with Gasteiger partial charge in [-0.25, -0.2) is 4.39 Å². The van der Waals surface area contributed by atoms with Crippen molar-refractivity contribution in [2.75, 3.05) is 0 Å². The first-order valence-corrected chi connectivity index (χ1v) is 6.56. The van der Waals surface area contributed by atoms with Gasteiger partial charge in [0.2, 0.25) is 0 Å². The molecular weight excluding hydrogens is 319 g/mol. The zero-order chi connectivity index (χ0) is 13.1. The van der Waals surface area contributed by atoms with Gasteiger partial charge in [0.25, 0.3) is 0 Å². The molecule has 0 unspecified atom stereocenters. The van der Waals surface area contributed by atoms with Crippen molar-refractivity contribution in [3.8, 4) is 5.75 Å². The van der Waals surface area contributed by atoms with Gasteiger partial charge < -0.3 is 4.74 Å². The molecule has 0 saturated heterocycles. The predicted octanol–water partition coefficient (Wildman–Crippen LogP) is 5.13. The number of rotatable bonds is 3. The molecule has 4 heteroatoms. The molecule has 0 bridgehead atoms. The van der Waals surface area contributed by atoms with E-state index in [1.165, 1.54) is 6.07 Å². The molecule has 94 valence electrons. The van der Waals surface area contributed by atoms with E-state index in [1.807, 2.05) is 25.1 Å². The van der Waals surface area contributed by atoms with Gasteiger partial charge in [-0.05, 0) is 36.8 Å². The van der Waals surface area contributed by atoms with Gasteiger partial charge in [-0.2, -0.15) is 0 Å². The lowest BCUT2D eigenvalue weighted by Gasteiger charge is -2.10. The molecule has 0 radical (unpaired) electrons. The third-order valence-electron chi connectivity index (χ3n) is 2.55. The van der Waals surface area contributed by atoms with Gasteiger partial charge in [0.1, 0.15) is 18.2 Å². The lowest BCUT2D eigenvalue weighted by atomic mass is 10.2. The normalized spacial score (nSPS) is 10.4. The summed E-state index contributed by atoms with van der Waals surface area (Å²) in [5.41, 5.74) is 1.49. The fraction of sp³-hybridized carbons (Fsp3) is 0.143. The third kappa shape index (κ3) is 3.24. The lowest BCUT2D eigenvalue weighted by Crippen LogP contribution is -1.99. The minimum atomic E-state index is -0.352. The van der Waals surface area contributed by atoms with Crippen molar-refractivity contribution in [1.82, 2.24) is 0 Å². The molecule has 2 rings (SSSR count). The van der Waals surface area contributed by atoms with Gasteiger partial charge in [0, 0.05) is 15.1 Å². The minimum Gasteiger partial charge on any atom is -0.488 e. The third-order valence-corrected chi connectivity index (χ3v) is 3.28. The highest BCUT2D eigenvalue weighted by atomic mass is 79.9. The van der Waals surface area contributed by atoms with Gasteiger partial charge in [0.05, 0.1) is 0 Å². The van der Waals surface area contributed by atoms with Crippen LogP contribution >= 0.6 is 27.5 Å². The summed E-state index contributed by atoms with van der Waals surface area (Å²) < 4.78 is 20.1. The predicted molar refractivity (Wildman–Crippen MR) is 74.6 cm³/mol. The Kier molecular flexibility index (Phi) is 4.25. The van der Waals surface area contributed by atoms with E-state index in [0.29, 0.717) is 10.6 Å². The zero-order valence-corrected chi connectivity index (χ0v) is 12.1. The van der Waals surface area contributed by atoms with Crippen LogP contribution in [0.1, 0.15) is 11.1 Å². The first-order chi connectivity index (χ1) is 8.56. The molecule has 0 N–H and O–H groups in total. The maximum atomic E-state index is 13.6. The lowest BCUT2D eigenvalue weighted by molar-refractivity contribution is 0.297. The van der Waals surface area contributed by atoms with Crippen LogP contribution in [0.2, 0.25) is 5.02 Å². The average Bonchev–Trinajstić information content (AvgIpc) is 2.32. The molecule has 0 fully saturated rings. The molecule has 1 nitrogen and oxygen atoms in total. The molecule has 0 spiro atoms. The summed E-state index contributed by atoms with van der Waals surface area (Å²) in [4.78, 5) is 0. The standard InChI is InChI=1S/C14H11BrClFO/c1-9-2-4-11(15)6-14(9)18-8-10-3-5-12(16)7-13(10)17/h2-7H,8H2,1H3. The van der Waals surface area contributed by atoms with Crippen molar-refractivity contribution in [3.63, 3.8) is 0 Å². The van der Waals surface area contributed by atoms with Gasteiger partial charge >= 0.3 is 0 Å². The summed E-state index contributed by atoms with van der Waals surface area (Å²) in [5.74, 6) is 0.383. The fourth-order valence-corrected chi connectivity index (χ4v) is 2.02. The molecule has 18 heavy (non-hydrogen) atoms. The summed E-state index contributed by atoms with van der Waals surface area (Å²) in [7, 11) is 0. The molecule has 2 aromatic rings. The molecule has 0 aliphatic carbocycles. The Morgan fingerprint density at radius 2 is 2.00 bits per heavy atom. The molecule has 0 aliphatic heterocycles. The zero-order valence-electron chi connectivity index (χ0n) is 9.71. The van der Waals surface area contributed by atoms with Crippen molar-refractivity contribution < 1.29 is 9.13 Å². The number of halogens is 3. The van der Waals surface area contributed by atoms with Crippen molar-refractivity contribution in [2.45, 2.75) is 13.5 Å². The monoisotopic (exact) mass is 328 g/mol. The number of ether oxygens (including phenoxy) is 1. The smallest absolute Gasteiger partial charge is 0.131 e. The van der Waals surface area contributed by atoms with E-state index in [1.54, 1.807) is 12.1 Å². The largest absolute Gasteiger partial charge is 0.488 e. The van der Waals surface area contributed by atoms with Crippen molar-refractivity contribution in [1.29, 1.82) is 0 Å². The molecule has 0 atom stereocenters. The van der Waals surface area contributed by atoms with Crippen molar-refractivity contribution in [2.24, 2.45) is 0 Å². The second kappa shape index (κ2) is 5.72. The first-order valence-electron chi connectivity index (χ1n) is 5.39. The van der Waals surface area contributed by atoms with Gasteiger partial charge in [0.15, 0.2) is 0 Å². The Labute approximate surface area is 119 Å². The van der Waals surface area contributed by atoms with E-state index in [-0.39, 0.29) is 12.4 Å². The highest BCUT2D eigenvalue weighted by Gasteiger charge is 2.05. The van der Waals surface area contributed by atoms with E-state index >= 15 is 0 Å². The number of hydrogen-bond donors (Lipinski definition) is 0. The molecule has 2 aromatic carbocycles. The van der Waals surface area contributed by atoms with E-state index in [4.69, 9.17) is 16.3 Å². The fourth-order valence-electron chi connectivity index (χ4n) is 1.52. The van der Waals surface area contributed by atoms with Gasteiger partial charge in [-0.15, -0.1) is 0 Å². The SMILES string of the molecule is Cc1ccc(Br)cc1OCc1ccc(Cl)cc1F. The summed E-state index contributed by atoms with van der Waals surface area (Å²) in [6, 6.07) is 10.3. The van der Waals surface area contributed by atoms with Crippen molar-refractivity contribution >= 4 is 27.5 Å². The Morgan fingerprint density at radius 3 is 2.72 bits per heavy atom. The van der Waals surface area contributed by atoms with Gasteiger partial charge in [-0.3, -0.25) is 0 Å². The highest BCUT2D eigenvalue weighted by Crippen LogP contribution is 2.24. The van der Waals surface area contributed by atoms with Crippen LogP contribution in [0.3, 0.4) is 0 Å².